The van der Waals surface area contributed by atoms with Crippen LogP contribution >= 0.6 is 0 Å². The molecule has 0 aromatic carbocycles. The standard InChI is InChI=1S/C9H15F3N2O/c1-8(2,3)14-5-6(9(10,11)12)13-4-7(14)15/h6,13H,4-5H2,1-3H3. The predicted molar refractivity (Wildman–Crippen MR) is 49.3 cm³/mol. The Hall–Kier alpha value is -0.780. The molecule has 6 heteroatoms. The second-order valence-electron chi connectivity index (χ2n) is 4.65. The first-order valence-electron chi connectivity index (χ1n) is 4.73. The van der Waals surface area contributed by atoms with Gasteiger partial charge in [-0.3, -0.25) is 10.1 Å². The number of hydrogen-bond acceptors (Lipinski definition) is 2. The van der Waals surface area contributed by atoms with Crippen molar-refractivity contribution < 1.29 is 18.0 Å². The molecule has 0 radical (unpaired) electrons. The number of carbonyl (C=O) groups is 1. The molecule has 3 nitrogen and oxygen atoms in total. The lowest BCUT2D eigenvalue weighted by Crippen LogP contribution is -2.63. The average Bonchev–Trinajstić information content (AvgIpc) is 2.00. The molecule has 1 rings (SSSR count). The lowest BCUT2D eigenvalue weighted by molar-refractivity contribution is -0.174. The maximum absolute atomic E-state index is 12.4. The van der Waals surface area contributed by atoms with Crippen molar-refractivity contribution >= 4 is 5.91 Å². The Morgan fingerprint density at radius 1 is 1.33 bits per heavy atom. The van der Waals surface area contributed by atoms with Crippen LogP contribution in [0.15, 0.2) is 0 Å². The van der Waals surface area contributed by atoms with Crippen LogP contribution in [0.25, 0.3) is 0 Å². The SMILES string of the molecule is CC(C)(C)N1CC(C(F)(F)F)NCC1=O. The van der Waals surface area contributed by atoms with Gasteiger partial charge in [0.15, 0.2) is 0 Å². The van der Waals surface area contributed by atoms with E-state index in [1.54, 1.807) is 20.8 Å². The van der Waals surface area contributed by atoms with E-state index in [1.165, 1.54) is 4.90 Å². The number of piperazine rings is 1. The third-order valence-electron chi connectivity index (χ3n) is 2.37. The average molecular weight is 224 g/mol. The van der Waals surface area contributed by atoms with Crippen LogP contribution in [0.1, 0.15) is 20.8 Å². The molecule has 1 aliphatic heterocycles. The van der Waals surface area contributed by atoms with Gasteiger partial charge in [-0.25, -0.2) is 0 Å². The molecule has 0 bridgehead atoms. The summed E-state index contributed by atoms with van der Waals surface area (Å²) in [5.74, 6) is -0.289. The second-order valence-corrected chi connectivity index (χ2v) is 4.65. The van der Waals surface area contributed by atoms with Gasteiger partial charge in [0.1, 0.15) is 6.04 Å². The van der Waals surface area contributed by atoms with Gasteiger partial charge in [-0.15, -0.1) is 0 Å². The summed E-state index contributed by atoms with van der Waals surface area (Å²) in [5.41, 5.74) is -0.567. The van der Waals surface area contributed by atoms with Gasteiger partial charge in [0.05, 0.1) is 6.54 Å². The van der Waals surface area contributed by atoms with E-state index in [9.17, 15) is 18.0 Å². The number of hydrogen-bond donors (Lipinski definition) is 1. The lowest BCUT2D eigenvalue weighted by Gasteiger charge is -2.42. The minimum atomic E-state index is -4.30. The molecule has 1 heterocycles. The molecule has 1 aliphatic rings. The largest absolute Gasteiger partial charge is 0.405 e. The number of nitrogens with zero attached hydrogens (tertiary/aromatic N) is 1. The van der Waals surface area contributed by atoms with Crippen LogP contribution in [0.2, 0.25) is 0 Å². The third-order valence-corrected chi connectivity index (χ3v) is 2.37. The Kier molecular flexibility index (Phi) is 3.00. The highest BCUT2D eigenvalue weighted by molar-refractivity contribution is 5.80. The summed E-state index contributed by atoms with van der Waals surface area (Å²) < 4.78 is 37.3. The van der Waals surface area contributed by atoms with Crippen molar-refractivity contribution in [3.8, 4) is 0 Å². The highest BCUT2D eigenvalue weighted by atomic mass is 19.4. The van der Waals surface area contributed by atoms with Crippen molar-refractivity contribution in [3.63, 3.8) is 0 Å². The van der Waals surface area contributed by atoms with Gasteiger partial charge in [0.25, 0.3) is 0 Å². The molecule has 0 aliphatic carbocycles. The maximum atomic E-state index is 12.4. The van der Waals surface area contributed by atoms with Gasteiger partial charge in [-0.1, -0.05) is 0 Å². The molecule has 1 saturated heterocycles. The third kappa shape index (κ3) is 2.84. The monoisotopic (exact) mass is 224 g/mol. The molecule has 0 aromatic heterocycles. The van der Waals surface area contributed by atoms with Crippen molar-refractivity contribution in [1.29, 1.82) is 0 Å². The fourth-order valence-corrected chi connectivity index (χ4v) is 1.52. The van der Waals surface area contributed by atoms with E-state index in [0.29, 0.717) is 0 Å². The molecule has 1 N–H and O–H groups in total. The number of carbonyl (C=O) groups excluding carboxylic acids is 1. The van der Waals surface area contributed by atoms with E-state index in [2.05, 4.69) is 5.32 Å². The molecule has 1 atom stereocenters. The second kappa shape index (κ2) is 3.66. The Morgan fingerprint density at radius 3 is 2.27 bits per heavy atom. The van der Waals surface area contributed by atoms with Gasteiger partial charge in [-0.2, -0.15) is 13.2 Å². The molecule has 88 valence electrons. The number of rotatable bonds is 0. The van der Waals surface area contributed by atoms with Crippen LogP contribution < -0.4 is 5.32 Å². The molecule has 0 aromatic rings. The van der Waals surface area contributed by atoms with Gasteiger partial charge in [0.2, 0.25) is 5.91 Å². The Balaban J connectivity index is 2.78. The van der Waals surface area contributed by atoms with Crippen molar-refractivity contribution in [2.24, 2.45) is 0 Å². The highest BCUT2D eigenvalue weighted by Crippen LogP contribution is 2.25. The van der Waals surface area contributed by atoms with Crippen LogP contribution in [0, 0.1) is 0 Å². The molecular weight excluding hydrogens is 209 g/mol. The zero-order valence-corrected chi connectivity index (χ0v) is 8.98. The minimum Gasteiger partial charge on any atom is -0.335 e. The molecule has 0 spiro atoms. The van der Waals surface area contributed by atoms with E-state index in [4.69, 9.17) is 0 Å². The van der Waals surface area contributed by atoms with Crippen molar-refractivity contribution in [3.05, 3.63) is 0 Å². The molecule has 1 fully saturated rings. The molecule has 1 unspecified atom stereocenters. The van der Waals surface area contributed by atoms with Crippen LogP contribution in [-0.2, 0) is 4.79 Å². The number of alkyl halides is 3. The zero-order valence-electron chi connectivity index (χ0n) is 8.98. The summed E-state index contributed by atoms with van der Waals surface area (Å²) >= 11 is 0. The summed E-state index contributed by atoms with van der Waals surface area (Å²) in [4.78, 5) is 12.7. The van der Waals surface area contributed by atoms with Crippen molar-refractivity contribution in [2.75, 3.05) is 13.1 Å². The van der Waals surface area contributed by atoms with Gasteiger partial charge in [-0.05, 0) is 20.8 Å². The van der Waals surface area contributed by atoms with E-state index in [1.807, 2.05) is 0 Å². The van der Waals surface area contributed by atoms with Crippen LogP contribution in [0.3, 0.4) is 0 Å². The molecular formula is C9H15F3N2O. The van der Waals surface area contributed by atoms with E-state index >= 15 is 0 Å². The first-order chi connectivity index (χ1) is 6.62. The van der Waals surface area contributed by atoms with Gasteiger partial charge in [0, 0.05) is 12.1 Å². The Bertz CT molecular complexity index is 257. The Morgan fingerprint density at radius 2 is 1.87 bits per heavy atom. The fourth-order valence-electron chi connectivity index (χ4n) is 1.52. The van der Waals surface area contributed by atoms with Crippen LogP contribution in [-0.4, -0.2) is 41.7 Å². The maximum Gasteiger partial charge on any atom is 0.405 e. The summed E-state index contributed by atoms with van der Waals surface area (Å²) in [7, 11) is 0. The number of nitrogens with one attached hydrogen (secondary N) is 1. The summed E-state index contributed by atoms with van der Waals surface area (Å²) in [6.07, 6.45) is -4.30. The Labute approximate surface area is 86.6 Å². The van der Waals surface area contributed by atoms with E-state index in [-0.39, 0.29) is 19.0 Å². The normalized spacial score (nSPS) is 24.5. The first kappa shape index (κ1) is 12.3. The topological polar surface area (TPSA) is 32.3 Å². The summed E-state index contributed by atoms with van der Waals surface area (Å²) in [5, 5.41) is 2.19. The molecule has 1 amide bonds. The summed E-state index contributed by atoms with van der Waals surface area (Å²) in [6.45, 7) is 4.62. The van der Waals surface area contributed by atoms with Crippen LogP contribution in [0.4, 0.5) is 13.2 Å². The van der Waals surface area contributed by atoms with Gasteiger partial charge >= 0.3 is 6.18 Å². The van der Waals surface area contributed by atoms with E-state index in [0.717, 1.165) is 0 Å². The fraction of sp³-hybridized carbons (Fsp3) is 0.889. The van der Waals surface area contributed by atoms with Crippen LogP contribution in [0.5, 0.6) is 0 Å². The quantitative estimate of drug-likeness (QED) is 0.669. The zero-order chi connectivity index (χ0) is 11.9. The van der Waals surface area contributed by atoms with E-state index < -0.39 is 17.8 Å². The van der Waals surface area contributed by atoms with Gasteiger partial charge < -0.3 is 4.90 Å². The van der Waals surface area contributed by atoms with Crippen molar-refractivity contribution in [1.82, 2.24) is 10.2 Å². The number of halogens is 3. The first-order valence-corrected chi connectivity index (χ1v) is 4.73. The molecule has 15 heavy (non-hydrogen) atoms. The highest BCUT2D eigenvalue weighted by Gasteiger charge is 2.45. The van der Waals surface area contributed by atoms with Crippen molar-refractivity contribution in [2.45, 2.75) is 38.5 Å². The molecule has 0 saturated carbocycles. The minimum absolute atomic E-state index is 0.249. The lowest BCUT2D eigenvalue weighted by atomic mass is 10.0. The number of amides is 1. The smallest absolute Gasteiger partial charge is 0.335 e. The predicted octanol–water partition coefficient (Wildman–Crippen LogP) is 1.15. The summed E-state index contributed by atoms with van der Waals surface area (Å²) in [6, 6.07) is -1.62.